The Hall–Kier alpha value is -1.85. The zero-order valence-corrected chi connectivity index (χ0v) is 10.6. The molecule has 0 amide bonds. The molecule has 0 bridgehead atoms. The van der Waals surface area contributed by atoms with Crippen LogP contribution in [-0.2, 0) is 19.5 Å². The Morgan fingerprint density at radius 1 is 1.28 bits per heavy atom. The van der Waals surface area contributed by atoms with Crippen LogP contribution in [0.1, 0.15) is 36.6 Å². The summed E-state index contributed by atoms with van der Waals surface area (Å²) in [7, 11) is 0. The Morgan fingerprint density at radius 3 is 2.94 bits per heavy atom. The second-order valence-corrected chi connectivity index (χ2v) is 4.86. The lowest BCUT2D eigenvalue weighted by Crippen LogP contribution is -2.12. The molecule has 2 aromatic heterocycles. The van der Waals surface area contributed by atoms with Gasteiger partial charge in [-0.2, -0.15) is 5.10 Å². The maximum atomic E-state index is 5.70. The summed E-state index contributed by atoms with van der Waals surface area (Å²) in [5.41, 5.74) is 6.75. The van der Waals surface area contributed by atoms with Crippen LogP contribution in [0.3, 0.4) is 0 Å². The van der Waals surface area contributed by atoms with Crippen molar-refractivity contribution in [2.24, 2.45) is 0 Å². The summed E-state index contributed by atoms with van der Waals surface area (Å²) in [6.45, 7) is 3.67. The van der Waals surface area contributed by atoms with E-state index in [1.807, 2.05) is 17.7 Å². The fourth-order valence-electron chi connectivity index (χ4n) is 2.49. The number of fused-ring (bicyclic) bond motifs is 1. The molecule has 0 saturated carbocycles. The van der Waals surface area contributed by atoms with Crippen molar-refractivity contribution in [3.05, 3.63) is 23.4 Å². The van der Waals surface area contributed by atoms with Crippen LogP contribution in [0.2, 0.25) is 0 Å². The van der Waals surface area contributed by atoms with Crippen molar-refractivity contribution in [1.82, 2.24) is 24.5 Å². The second-order valence-electron chi connectivity index (χ2n) is 4.86. The van der Waals surface area contributed by atoms with E-state index in [2.05, 4.69) is 19.9 Å². The lowest BCUT2D eigenvalue weighted by molar-refractivity contribution is 0.563. The van der Waals surface area contributed by atoms with Crippen LogP contribution in [0.5, 0.6) is 0 Å². The summed E-state index contributed by atoms with van der Waals surface area (Å²) in [5, 5.41) is 12.9. The standard InChI is InChI=1S/C12H18N6/c1-9-7-10(13)16-18(9)8-12-15-14-11-5-3-2-4-6-17(11)12/h7H,2-6,8H2,1H3,(H2,13,16). The monoisotopic (exact) mass is 246 g/mol. The molecule has 96 valence electrons. The highest BCUT2D eigenvalue weighted by molar-refractivity contribution is 5.29. The predicted molar refractivity (Wildman–Crippen MR) is 68.1 cm³/mol. The zero-order chi connectivity index (χ0) is 12.5. The summed E-state index contributed by atoms with van der Waals surface area (Å²) in [6.07, 6.45) is 4.73. The molecular formula is C12H18N6. The van der Waals surface area contributed by atoms with Gasteiger partial charge in [-0.15, -0.1) is 10.2 Å². The molecular weight excluding hydrogens is 228 g/mol. The van der Waals surface area contributed by atoms with Crippen molar-refractivity contribution in [2.75, 3.05) is 5.73 Å². The lowest BCUT2D eigenvalue weighted by Gasteiger charge is -2.07. The van der Waals surface area contributed by atoms with Crippen LogP contribution in [-0.4, -0.2) is 24.5 Å². The van der Waals surface area contributed by atoms with Crippen molar-refractivity contribution in [3.63, 3.8) is 0 Å². The average molecular weight is 246 g/mol. The van der Waals surface area contributed by atoms with E-state index < -0.39 is 0 Å². The van der Waals surface area contributed by atoms with E-state index in [9.17, 15) is 0 Å². The van der Waals surface area contributed by atoms with Gasteiger partial charge in [-0.3, -0.25) is 4.68 Å². The molecule has 0 atom stereocenters. The number of nitrogen functional groups attached to an aromatic ring is 1. The first-order chi connectivity index (χ1) is 8.74. The molecule has 6 nitrogen and oxygen atoms in total. The number of nitrogens with zero attached hydrogens (tertiary/aromatic N) is 5. The van der Waals surface area contributed by atoms with Crippen LogP contribution in [0.25, 0.3) is 0 Å². The Balaban J connectivity index is 1.89. The molecule has 6 heteroatoms. The quantitative estimate of drug-likeness (QED) is 0.862. The van der Waals surface area contributed by atoms with Crippen molar-refractivity contribution >= 4 is 5.82 Å². The number of aromatic nitrogens is 5. The van der Waals surface area contributed by atoms with Crippen LogP contribution >= 0.6 is 0 Å². The highest BCUT2D eigenvalue weighted by Gasteiger charge is 2.15. The summed E-state index contributed by atoms with van der Waals surface area (Å²) < 4.78 is 4.13. The van der Waals surface area contributed by atoms with E-state index in [4.69, 9.17) is 5.73 Å². The summed E-state index contributed by atoms with van der Waals surface area (Å²) in [5.74, 6) is 2.65. The van der Waals surface area contributed by atoms with E-state index in [0.29, 0.717) is 12.4 Å². The van der Waals surface area contributed by atoms with Crippen molar-refractivity contribution in [2.45, 2.75) is 45.7 Å². The number of nitrogens with two attached hydrogens (primary N) is 1. The highest BCUT2D eigenvalue weighted by Crippen LogP contribution is 2.15. The third-order valence-electron chi connectivity index (χ3n) is 3.48. The van der Waals surface area contributed by atoms with Gasteiger partial charge in [-0.05, 0) is 19.8 Å². The van der Waals surface area contributed by atoms with E-state index in [1.165, 1.54) is 19.3 Å². The van der Waals surface area contributed by atoms with Crippen LogP contribution < -0.4 is 5.73 Å². The fourth-order valence-corrected chi connectivity index (χ4v) is 2.49. The third-order valence-corrected chi connectivity index (χ3v) is 3.48. The zero-order valence-electron chi connectivity index (χ0n) is 10.6. The first-order valence-electron chi connectivity index (χ1n) is 6.45. The molecule has 0 radical (unpaired) electrons. The van der Waals surface area contributed by atoms with Gasteiger partial charge in [0.1, 0.15) is 18.2 Å². The SMILES string of the molecule is Cc1cc(N)nn1Cc1nnc2n1CCCCC2. The van der Waals surface area contributed by atoms with Crippen molar-refractivity contribution < 1.29 is 0 Å². The molecule has 0 unspecified atom stereocenters. The van der Waals surface area contributed by atoms with Crippen LogP contribution in [0.15, 0.2) is 6.07 Å². The third kappa shape index (κ3) is 1.98. The number of anilines is 1. The van der Waals surface area contributed by atoms with Crippen LogP contribution in [0.4, 0.5) is 5.82 Å². The Morgan fingerprint density at radius 2 is 2.17 bits per heavy atom. The normalized spacial score (nSPS) is 15.4. The predicted octanol–water partition coefficient (Wildman–Crippen LogP) is 1.14. The van der Waals surface area contributed by atoms with Gasteiger partial charge in [0.05, 0.1) is 0 Å². The molecule has 2 aromatic rings. The van der Waals surface area contributed by atoms with Gasteiger partial charge in [0, 0.05) is 24.7 Å². The maximum absolute atomic E-state index is 5.70. The van der Waals surface area contributed by atoms with Crippen molar-refractivity contribution in [3.8, 4) is 0 Å². The van der Waals surface area contributed by atoms with Gasteiger partial charge in [-0.1, -0.05) is 6.42 Å². The van der Waals surface area contributed by atoms with E-state index in [0.717, 1.165) is 30.3 Å². The number of aryl methyl sites for hydroxylation is 2. The molecule has 1 aliphatic rings. The average Bonchev–Trinajstić information content (AvgIpc) is 2.75. The first-order valence-corrected chi connectivity index (χ1v) is 6.45. The topological polar surface area (TPSA) is 74.6 Å². The van der Waals surface area contributed by atoms with Crippen molar-refractivity contribution in [1.29, 1.82) is 0 Å². The molecule has 18 heavy (non-hydrogen) atoms. The van der Waals surface area contributed by atoms with E-state index in [1.54, 1.807) is 0 Å². The van der Waals surface area contributed by atoms with Gasteiger partial charge in [0.25, 0.3) is 0 Å². The van der Waals surface area contributed by atoms with E-state index >= 15 is 0 Å². The first kappa shape index (κ1) is 11.3. The minimum Gasteiger partial charge on any atom is -0.382 e. The largest absolute Gasteiger partial charge is 0.382 e. The molecule has 2 N–H and O–H groups in total. The molecule has 1 aliphatic heterocycles. The minimum absolute atomic E-state index is 0.558. The molecule has 3 heterocycles. The number of hydrogen-bond donors (Lipinski definition) is 1. The van der Waals surface area contributed by atoms with E-state index in [-0.39, 0.29) is 0 Å². The van der Waals surface area contributed by atoms with Gasteiger partial charge in [0.2, 0.25) is 0 Å². The maximum Gasteiger partial charge on any atom is 0.154 e. The molecule has 0 aromatic carbocycles. The van der Waals surface area contributed by atoms with Gasteiger partial charge >= 0.3 is 0 Å². The molecule has 0 spiro atoms. The van der Waals surface area contributed by atoms with Gasteiger partial charge in [0.15, 0.2) is 5.82 Å². The molecule has 0 aliphatic carbocycles. The van der Waals surface area contributed by atoms with Gasteiger partial charge < -0.3 is 10.3 Å². The smallest absolute Gasteiger partial charge is 0.154 e. The lowest BCUT2D eigenvalue weighted by atomic mass is 10.2. The summed E-state index contributed by atoms with van der Waals surface area (Å²) >= 11 is 0. The Labute approximate surface area is 106 Å². The highest BCUT2D eigenvalue weighted by atomic mass is 15.3. The fraction of sp³-hybridized carbons (Fsp3) is 0.583. The molecule has 0 saturated heterocycles. The molecule has 0 fully saturated rings. The summed E-state index contributed by atoms with van der Waals surface area (Å²) in [4.78, 5) is 0. The Bertz CT molecular complexity index is 553. The summed E-state index contributed by atoms with van der Waals surface area (Å²) in [6, 6.07) is 1.87. The number of rotatable bonds is 2. The second kappa shape index (κ2) is 4.44. The molecule has 3 rings (SSSR count). The minimum atomic E-state index is 0.558. The Kier molecular flexibility index (Phi) is 2.77. The number of hydrogen-bond acceptors (Lipinski definition) is 4. The van der Waals surface area contributed by atoms with Crippen LogP contribution in [0, 0.1) is 6.92 Å². The van der Waals surface area contributed by atoms with Gasteiger partial charge in [-0.25, -0.2) is 0 Å².